The molecule has 5 heteroatoms. The van der Waals surface area contributed by atoms with Gasteiger partial charge in [0.2, 0.25) is 0 Å². The van der Waals surface area contributed by atoms with Gasteiger partial charge in [-0.3, -0.25) is 0 Å². The Labute approximate surface area is 68.9 Å². The molecule has 0 aliphatic rings. The van der Waals surface area contributed by atoms with Crippen molar-refractivity contribution in [2.45, 2.75) is 5.92 Å². The molecule has 0 radical (unpaired) electrons. The van der Waals surface area contributed by atoms with Crippen LogP contribution in [0.5, 0.6) is 0 Å². The van der Waals surface area contributed by atoms with Gasteiger partial charge in [-0.05, 0) is 0 Å². The summed E-state index contributed by atoms with van der Waals surface area (Å²) in [5.41, 5.74) is 0. The fourth-order valence-corrected chi connectivity index (χ4v) is 0.531. The van der Waals surface area contributed by atoms with Gasteiger partial charge in [0.1, 0.15) is 6.61 Å². The number of alkyl halides is 2. The Morgan fingerprint density at radius 3 is 2.55 bits per heavy atom. The first-order valence-electron chi connectivity index (χ1n) is 3.00. The van der Waals surface area contributed by atoms with Crippen molar-refractivity contribution in [3.63, 3.8) is 0 Å². The molecular weight excluding hydrogens is 176 g/mol. The Morgan fingerprint density at radius 2 is 2.18 bits per heavy atom. The quantitative estimate of drug-likeness (QED) is 0.669. The molecule has 0 aliphatic carbocycles. The molecule has 0 aromatic heterocycles. The average Bonchev–Trinajstić information content (AvgIpc) is 1.87. The van der Waals surface area contributed by atoms with Crippen LogP contribution in [0.2, 0.25) is 0 Å². The minimum absolute atomic E-state index is 0.122. The standard InChI is InChI=1S/C6H10ClF2NO/c1-5(7)2-10-3-6(8,9)4-11/h10-11H,1-4H2. The molecule has 0 fully saturated rings. The van der Waals surface area contributed by atoms with Gasteiger partial charge in [-0.2, -0.15) is 0 Å². The number of rotatable bonds is 5. The Kier molecular flexibility index (Phi) is 4.56. The van der Waals surface area contributed by atoms with Gasteiger partial charge in [0, 0.05) is 11.6 Å². The van der Waals surface area contributed by atoms with E-state index in [1.807, 2.05) is 0 Å². The van der Waals surface area contributed by atoms with E-state index in [-0.39, 0.29) is 11.6 Å². The maximum absolute atomic E-state index is 12.2. The van der Waals surface area contributed by atoms with Crippen LogP contribution in [-0.4, -0.2) is 30.7 Å². The van der Waals surface area contributed by atoms with Crippen molar-refractivity contribution < 1.29 is 13.9 Å². The molecular formula is C6H10ClF2NO. The Morgan fingerprint density at radius 1 is 1.64 bits per heavy atom. The van der Waals surface area contributed by atoms with Crippen LogP contribution in [0, 0.1) is 0 Å². The largest absolute Gasteiger partial charge is 0.390 e. The van der Waals surface area contributed by atoms with Crippen molar-refractivity contribution in [1.82, 2.24) is 5.32 Å². The van der Waals surface area contributed by atoms with Crippen molar-refractivity contribution in [1.29, 1.82) is 0 Å². The number of hydrogen-bond acceptors (Lipinski definition) is 2. The topological polar surface area (TPSA) is 32.3 Å². The second-order valence-electron chi connectivity index (χ2n) is 2.13. The zero-order chi connectivity index (χ0) is 8.91. The first-order chi connectivity index (χ1) is 4.98. The lowest BCUT2D eigenvalue weighted by Gasteiger charge is -2.13. The van der Waals surface area contributed by atoms with Gasteiger partial charge in [0.25, 0.3) is 5.92 Å². The van der Waals surface area contributed by atoms with Crippen LogP contribution < -0.4 is 5.32 Å². The molecule has 2 nitrogen and oxygen atoms in total. The van der Waals surface area contributed by atoms with Crippen molar-refractivity contribution in [3.8, 4) is 0 Å². The lowest BCUT2D eigenvalue weighted by atomic mass is 10.3. The van der Waals surface area contributed by atoms with Crippen LogP contribution in [0.4, 0.5) is 8.78 Å². The van der Waals surface area contributed by atoms with E-state index in [1.54, 1.807) is 0 Å². The van der Waals surface area contributed by atoms with Crippen LogP contribution in [-0.2, 0) is 0 Å². The van der Waals surface area contributed by atoms with Crippen LogP contribution in [0.1, 0.15) is 0 Å². The van der Waals surface area contributed by atoms with Gasteiger partial charge < -0.3 is 10.4 Å². The molecule has 11 heavy (non-hydrogen) atoms. The highest BCUT2D eigenvalue weighted by atomic mass is 35.5. The molecule has 0 heterocycles. The fraction of sp³-hybridized carbons (Fsp3) is 0.667. The molecule has 0 amide bonds. The highest BCUT2D eigenvalue weighted by molar-refractivity contribution is 6.29. The normalized spacial score (nSPS) is 11.6. The summed E-state index contributed by atoms with van der Waals surface area (Å²) < 4.78 is 24.4. The summed E-state index contributed by atoms with van der Waals surface area (Å²) in [5.74, 6) is -3.08. The number of halogens is 3. The third-order valence-corrected chi connectivity index (χ3v) is 1.07. The fourth-order valence-electron chi connectivity index (χ4n) is 0.437. The minimum Gasteiger partial charge on any atom is -0.390 e. The first-order valence-corrected chi connectivity index (χ1v) is 3.38. The lowest BCUT2D eigenvalue weighted by Crippen LogP contribution is -2.36. The molecule has 66 valence electrons. The van der Waals surface area contributed by atoms with Crippen molar-refractivity contribution >= 4 is 11.6 Å². The third kappa shape index (κ3) is 6.22. The van der Waals surface area contributed by atoms with Gasteiger partial charge in [-0.15, -0.1) is 0 Å². The highest BCUT2D eigenvalue weighted by Crippen LogP contribution is 2.09. The summed E-state index contributed by atoms with van der Waals surface area (Å²) in [6, 6.07) is 0. The Balaban J connectivity index is 3.45. The Bertz CT molecular complexity index is 141. The van der Waals surface area contributed by atoms with Crippen LogP contribution in [0.3, 0.4) is 0 Å². The molecule has 0 spiro atoms. The summed E-state index contributed by atoms with van der Waals surface area (Å²) in [7, 11) is 0. The zero-order valence-corrected chi connectivity index (χ0v) is 6.67. The molecule has 0 saturated carbocycles. The predicted octanol–water partition coefficient (Wildman–Crippen LogP) is 0.956. The van der Waals surface area contributed by atoms with Crippen LogP contribution in [0.25, 0.3) is 0 Å². The Hall–Kier alpha value is -0.190. The monoisotopic (exact) mass is 185 g/mol. The molecule has 0 rings (SSSR count). The van der Waals surface area contributed by atoms with Gasteiger partial charge in [-0.25, -0.2) is 8.78 Å². The van der Waals surface area contributed by atoms with E-state index in [2.05, 4.69) is 11.9 Å². The summed E-state index contributed by atoms with van der Waals surface area (Å²) in [6.07, 6.45) is 0. The molecule has 0 aromatic carbocycles. The highest BCUT2D eigenvalue weighted by Gasteiger charge is 2.26. The molecule has 2 N–H and O–H groups in total. The summed E-state index contributed by atoms with van der Waals surface area (Å²) in [6.45, 7) is 1.67. The lowest BCUT2D eigenvalue weighted by molar-refractivity contribution is -0.0469. The van der Waals surface area contributed by atoms with E-state index < -0.39 is 19.1 Å². The molecule has 0 bridgehead atoms. The van der Waals surface area contributed by atoms with Gasteiger partial charge in [-0.1, -0.05) is 18.2 Å². The minimum atomic E-state index is -3.08. The second kappa shape index (κ2) is 4.64. The second-order valence-corrected chi connectivity index (χ2v) is 2.67. The molecule has 0 atom stereocenters. The predicted molar refractivity (Wildman–Crippen MR) is 39.9 cm³/mol. The summed E-state index contributed by atoms with van der Waals surface area (Å²) in [4.78, 5) is 0. The number of aliphatic hydroxyl groups excluding tert-OH is 1. The van der Waals surface area contributed by atoms with Gasteiger partial charge in [0.05, 0.1) is 6.54 Å². The number of hydrogen-bond donors (Lipinski definition) is 2. The van der Waals surface area contributed by atoms with Crippen LogP contribution in [0.15, 0.2) is 11.6 Å². The third-order valence-electron chi connectivity index (χ3n) is 0.932. The summed E-state index contributed by atoms with van der Waals surface area (Å²) >= 11 is 5.29. The molecule has 0 aliphatic heterocycles. The van der Waals surface area contributed by atoms with E-state index in [1.165, 1.54) is 0 Å². The van der Waals surface area contributed by atoms with E-state index >= 15 is 0 Å². The number of nitrogens with one attached hydrogen (secondary N) is 1. The van der Waals surface area contributed by atoms with E-state index in [4.69, 9.17) is 16.7 Å². The maximum Gasteiger partial charge on any atom is 0.282 e. The van der Waals surface area contributed by atoms with Crippen molar-refractivity contribution in [2.24, 2.45) is 0 Å². The smallest absolute Gasteiger partial charge is 0.282 e. The van der Waals surface area contributed by atoms with Gasteiger partial charge in [0.15, 0.2) is 0 Å². The van der Waals surface area contributed by atoms with Crippen LogP contribution >= 0.6 is 11.6 Å². The van der Waals surface area contributed by atoms with E-state index in [0.717, 1.165) is 0 Å². The molecule has 0 saturated heterocycles. The van der Waals surface area contributed by atoms with Crippen molar-refractivity contribution in [2.75, 3.05) is 19.7 Å². The molecule has 0 unspecified atom stereocenters. The maximum atomic E-state index is 12.2. The number of aliphatic hydroxyl groups is 1. The van der Waals surface area contributed by atoms with Crippen molar-refractivity contribution in [3.05, 3.63) is 11.6 Å². The van der Waals surface area contributed by atoms with E-state index in [0.29, 0.717) is 0 Å². The average molecular weight is 186 g/mol. The first kappa shape index (κ1) is 10.8. The van der Waals surface area contributed by atoms with Gasteiger partial charge >= 0.3 is 0 Å². The van der Waals surface area contributed by atoms with E-state index in [9.17, 15) is 8.78 Å². The summed E-state index contributed by atoms with van der Waals surface area (Å²) in [5, 5.41) is 10.7. The SMILES string of the molecule is C=C(Cl)CNCC(F)(F)CO. The zero-order valence-electron chi connectivity index (χ0n) is 5.91. The molecule has 0 aromatic rings.